The van der Waals surface area contributed by atoms with E-state index in [1.807, 2.05) is 61.5 Å². The maximum atomic E-state index is 12.3. The Bertz CT molecular complexity index is 777. The molecule has 28 heavy (non-hydrogen) atoms. The van der Waals surface area contributed by atoms with Crippen LogP contribution in [0.5, 0.6) is 5.75 Å². The van der Waals surface area contributed by atoms with E-state index in [1.54, 1.807) is 4.90 Å². The molecule has 0 aliphatic carbocycles. The molecule has 1 aliphatic rings. The summed E-state index contributed by atoms with van der Waals surface area (Å²) in [5, 5.41) is 5.75. The van der Waals surface area contributed by atoms with Crippen LogP contribution in [0.3, 0.4) is 0 Å². The molecule has 6 heteroatoms. The minimum atomic E-state index is -0.192. The number of amides is 3. The van der Waals surface area contributed by atoms with Gasteiger partial charge in [0.1, 0.15) is 5.75 Å². The van der Waals surface area contributed by atoms with Gasteiger partial charge in [-0.1, -0.05) is 30.3 Å². The molecule has 6 nitrogen and oxygen atoms in total. The first-order chi connectivity index (χ1) is 13.7. The summed E-state index contributed by atoms with van der Waals surface area (Å²) in [4.78, 5) is 26.1. The molecule has 1 heterocycles. The smallest absolute Gasteiger partial charge is 0.314 e. The van der Waals surface area contributed by atoms with Gasteiger partial charge in [0.05, 0.1) is 6.61 Å². The Morgan fingerprint density at radius 3 is 2.57 bits per heavy atom. The molecule has 148 valence electrons. The van der Waals surface area contributed by atoms with Gasteiger partial charge in [0.15, 0.2) is 0 Å². The van der Waals surface area contributed by atoms with Gasteiger partial charge in [0.25, 0.3) is 0 Å². The third-order valence-corrected chi connectivity index (χ3v) is 4.76. The monoisotopic (exact) mass is 381 g/mol. The van der Waals surface area contributed by atoms with E-state index in [2.05, 4.69) is 10.6 Å². The van der Waals surface area contributed by atoms with Crippen LogP contribution in [0.25, 0.3) is 0 Å². The van der Waals surface area contributed by atoms with E-state index in [0.29, 0.717) is 32.7 Å². The van der Waals surface area contributed by atoms with Gasteiger partial charge in [-0.2, -0.15) is 0 Å². The van der Waals surface area contributed by atoms with E-state index in [4.69, 9.17) is 4.74 Å². The molecular weight excluding hydrogens is 354 g/mol. The van der Waals surface area contributed by atoms with Gasteiger partial charge in [-0.25, -0.2) is 4.79 Å². The largest absolute Gasteiger partial charge is 0.494 e. The van der Waals surface area contributed by atoms with Gasteiger partial charge < -0.3 is 20.3 Å². The Kier molecular flexibility index (Phi) is 6.89. The van der Waals surface area contributed by atoms with Gasteiger partial charge in [-0.15, -0.1) is 0 Å². The number of carbonyl (C=O) groups excluding carboxylic acids is 2. The minimum Gasteiger partial charge on any atom is -0.494 e. The van der Waals surface area contributed by atoms with Gasteiger partial charge in [0.2, 0.25) is 5.91 Å². The average molecular weight is 381 g/mol. The molecule has 3 amide bonds. The predicted molar refractivity (Wildman–Crippen MR) is 110 cm³/mol. The first-order valence-electron chi connectivity index (χ1n) is 9.74. The van der Waals surface area contributed by atoms with E-state index in [-0.39, 0.29) is 17.9 Å². The van der Waals surface area contributed by atoms with Crippen LogP contribution in [0, 0.1) is 5.92 Å². The zero-order chi connectivity index (χ0) is 19.8. The molecular formula is C22H27N3O3. The SMILES string of the molecule is CCOc1ccc(N2C[C@H](CNC(=O)NCCc3ccccc3)CC2=O)cc1. The second kappa shape index (κ2) is 9.78. The normalized spacial score (nSPS) is 16.1. The highest BCUT2D eigenvalue weighted by Gasteiger charge is 2.30. The van der Waals surface area contributed by atoms with Crippen molar-refractivity contribution in [1.82, 2.24) is 10.6 Å². The maximum absolute atomic E-state index is 12.3. The number of hydrogen-bond donors (Lipinski definition) is 2. The third kappa shape index (κ3) is 5.49. The first-order valence-corrected chi connectivity index (χ1v) is 9.74. The molecule has 0 bridgehead atoms. The van der Waals surface area contributed by atoms with E-state index in [0.717, 1.165) is 17.9 Å². The van der Waals surface area contributed by atoms with Crippen molar-refractivity contribution < 1.29 is 14.3 Å². The first kappa shape index (κ1) is 19.7. The third-order valence-electron chi connectivity index (χ3n) is 4.76. The Morgan fingerprint density at radius 2 is 1.86 bits per heavy atom. The van der Waals surface area contributed by atoms with Gasteiger partial charge >= 0.3 is 6.03 Å². The molecule has 0 saturated carbocycles. The molecule has 3 rings (SSSR count). The molecule has 0 radical (unpaired) electrons. The second-order valence-corrected chi connectivity index (χ2v) is 6.87. The number of rotatable bonds is 8. The lowest BCUT2D eigenvalue weighted by Gasteiger charge is -2.17. The van der Waals surface area contributed by atoms with Crippen LogP contribution >= 0.6 is 0 Å². The fourth-order valence-corrected chi connectivity index (χ4v) is 3.32. The van der Waals surface area contributed by atoms with Gasteiger partial charge in [0, 0.05) is 37.7 Å². The fourth-order valence-electron chi connectivity index (χ4n) is 3.32. The van der Waals surface area contributed by atoms with Crippen LogP contribution in [0.4, 0.5) is 10.5 Å². The zero-order valence-corrected chi connectivity index (χ0v) is 16.2. The van der Waals surface area contributed by atoms with Crippen molar-refractivity contribution in [2.24, 2.45) is 5.92 Å². The summed E-state index contributed by atoms with van der Waals surface area (Å²) in [7, 11) is 0. The van der Waals surface area contributed by atoms with Crippen LogP contribution in [0.1, 0.15) is 18.9 Å². The standard InChI is InChI=1S/C22H27N3O3/c1-2-28-20-10-8-19(9-11-20)25-16-18(14-21(25)26)15-24-22(27)23-13-12-17-6-4-3-5-7-17/h3-11,18H,2,12-16H2,1H3,(H2,23,24,27)/t18-/m0/s1. The van der Waals surface area contributed by atoms with Crippen LogP contribution in [-0.4, -0.2) is 38.2 Å². The van der Waals surface area contributed by atoms with E-state index in [1.165, 1.54) is 5.56 Å². The Hall–Kier alpha value is -3.02. The van der Waals surface area contributed by atoms with Crippen molar-refractivity contribution in [2.45, 2.75) is 19.8 Å². The second-order valence-electron chi connectivity index (χ2n) is 6.87. The lowest BCUT2D eigenvalue weighted by atomic mass is 10.1. The molecule has 1 saturated heterocycles. The van der Waals surface area contributed by atoms with Gasteiger partial charge in [-0.3, -0.25) is 4.79 Å². The number of urea groups is 1. The summed E-state index contributed by atoms with van der Waals surface area (Å²) in [5.74, 6) is 0.989. The van der Waals surface area contributed by atoms with Crippen LogP contribution in [0.2, 0.25) is 0 Å². The highest BCUT2D eigenvalue weighted by atomic mass is 16.5. The predicted octanol–water partition coefficient (Wildman–Crippen LogP) is 2.98. The fraction of sp³-hybridized carbons (Fsp3) is 0.364. The van der Waals surface area contributed by atoms with Gasteiger partial charge in [-0.05, 0) is 43.2 Å². The summed E-state index contributed by atoms with van der Waals surface area (Å²) in [6.07, 6.45) is 1.24. The van der Waals surface area contributed by atoms with Crippen molar-refractivity contribution >= 4 is 17.6 Å². The summed E-state index contributed by atoms with van der Waals surface area (Å²) >= 11 is 0. The van der Waals surface area contributed by atoms with E-state index < -0.39 is 0 Å². The Balaban J connectivity index is 1.40. The van der Waals surface area contributed by atoms with Crippen molar-refractivity contribution in [3.05, 3.63) is 60.2 Å². The summed E-state index contributed by atoms with van der Waals surface area (Å²) in [6.45, 7) is 4.22. The number of nitrogens with zero attached hydrogens (tertiary/aromatic N) is 1. The number of nitrogens with one attached hydrogen (secondary N) is 2. The van der Waals surface area contributed by atoms with Crippen LogP contribution < -0.4 is 20.3 Å². The van der Waals surface area contributed by atoms with Crippen LogP contribution in [0.15, 0.2) is 54.6 Å². The quantitative estimate of drug-likeness (QED) is 0.739. The highest BCUT2D eigenvalue weighted by Crippen LogP contribution is 2.26. The number of carbonyl (C=O) groups is 2. The summed E-state index contributed by atoms with van der Waals surface area (Å²) < 4.78 is 5.44. The molecule has 1 aliphatic heterocycles. The summed E-state index contributed by atoms with van der Waals surface area (Å²) in [6, 6.07) is 17.4. The molecule has 0 unspecified atom stereocenters. The number of benzene rings is 2. The highest BCUT2D eigenvalue weighted by molar-refractivity contribution is 5.95. The van der Waals surface area contributed by atoms with Crippen molar-refractivity contribution in [3.8, 4) is 5.75 Å². The summed E-state index contributed by atoms with van der Waals surface area (Å²) in [5.41, 5.74) is 2.05. The van der Waals surface area contributed by atoms with Crippen molar-refractivity contribution in [1.29, 1.82) is 0 Å². The molecule has 0 aromatic heterocycles. The Morgan fingerprint density at radius 1 is 1.11 bits per heavy atom. The minimum absolute atomic E-state index is 0.0837. The molecule has 2 aromatic rings. The molecule has 2 N–H and O–H groups in total. The Labute approximate surface area is 165 Å². The lowest BCUT2D eigenvalue weighted by Crippen LogP contribution is -2.39. The molecule has 1 atom stereocenters. The lowest BCUT2D eigenvalue weighted by molar-refractivity contribution is -0.117. The zero-order valence-electron chi connectivity index (χ0n) is 16.2. The molecule has 1 fully saturated rings. The van der Waals surface area contributed by atoms with Crippen LogP contribution in [-0.2, 0) is 11.2 Å². The topological polar surface area (TPSA) is 70.7 Å². The van der Waals surface area contributed by atoms with Crippen molar-refractivity contribution in [3.63, 3.8) is 0 Å². The number of hydrogen-bond acceptors (Lipinski definition) is 3. The molecule has 2 aromatic carbocycles. The maximum Gasteiger partial charge on any atom is 0.314 e. The van der Waals surface area contributed by atoms with E-state index in [9.17, 15) is 9.59 Å². The van der Waals surface area contributed by atoms with E-state index >= 15 is 0 Å². The average Bonchev–Trinajstić information content (AvgIpc) is 3.09. The number of ether oxygens (including phenoxy) is 1. The number of anilines is 1. The van der Waals surface area contributed by atoms with Crippen molar-refractivity contribution in [2.75, 3.05) is 31.1 Å². The molecule has 0 spiro atoms.